The van der Waals surface area contributed by atoms with Gasteiger partial charge in [0.1, 0.15) is 16.4 Å². The Labute approximate surface area is 131 Å². The highest BCUT2D eigenvalue weighted by Crippen LogP contribution is 2.24. The maximum atomic E-state index is 12.0. The summed E-state index contributed by atoms with van der Waals surface area (Å²) in [5.74, 6) is -0.0451. The van der Waals surface area contributed by atoms with Crippen LogP contribution in [-0.4, -0.2) is 31.1 Å². The average Bonchev–Trinajstić information content (AvgIpc) is 3.02. The van der Waals surface area contributed by atoms with Crippen molar-refractivity contribution >= 4 is 29.2 Å². The molecule has 1 aromatic heterocycles. The summed E-state index contributed by atoms with van der Waals surface area (Å²) < 4.78 is 10.3. The second-order valence-corrected chi connectivity index (χ2v) is 5.40. The number of carboxylic acid groups (broad SMARTS) is 1. The van der Waals surface area contributed by atoms with Gasteiger partial charge in [0, 0.05) is 6.07 Å². The van der Waals surface area contributed by atoms with Crippen LogP contribution in [0.5, 0.6) is 11.5 Å². The zero-order valence-corrected chi connectivity index (χ0v) is 12.8. The summed E-state index contributed by atoms with van der Waals surface area (Å²) in [4.78, 5) is 23.4. The number of aromatic carboxylic acids is 1. The van der Waals surface area contributed by atoms with Crippen LogP contribution < -0.4 is 9.47 Å². The highest BCUT2D eigenvalue weighted by atomic mass is 32.1. The number of benzene rings is 1. The predicted molar refractivity (Wildman–Crippen MR) is 84.2 cm³/mol. The lowest BCUT2D eigenvalue weighted by Gasteiger charge is -2.05. The third-order valence-electron chi connectivity index (χ3n) is 2.86. The largest absolute Gasteiger partial charge is 0.497 e. The van der Waals surface area contributed by atoms with Crippen LogP contribution in [0.4, 0.5) is 0 Å². The third-order valence-corrected chi connectivity index (χ3v) is 3.95. The lowest BCUT2D eigenvalue weighted by molar-refractivity contribution is 0.0702. The summed E-state index contributed by atoms with van der Waals surface area (Å²) in [6.45, 7) is 0. The van der Waals surface area contributed by atoms with Gasteiger partial charge in [-0.25, -0.2) is 4.79 Å². The van der Waals surface area contributed by atoms with Crippen molar-refractivity contribution in [1.29, 1.82) is 0 Å². The van der Waals surface area contributed by atoms with Crippen LogP contribution in [0.1, 0.15) is 24.9 Å². The molecule has 0 fully saturated rings. The molecule has 0 unspecified atom stereocenters. The molecular formula is C16H14O5S. The molecule has 1 heterocycles. The monoisotopic (exact) mass is 318 g/mol. The fourth-order valence-corrected chi connectivity index (χ4v) is 2.53. The topological polar surface area (TPSA) is 72.8 Å². The maximum absolute atomic E-state index is 12.0. The van der Waals surface area contributed by atoms with E-state index < -0.39 is 5.97 Å². The molecule has 114 valence electrons. The number of hydrogen-bond acceptors (Lipinski definition) is 5. The lowest BCUT2D eigenvalue weighted by Crippen LogP contribution is -1.92. The minimum atomic E-state index is -1.04. The van der Waals surface area contributed by atoms with Crippen LogP contribution >= 0.6 is 11.3 Å². The van der Waals surface area contributed by atoms with Crippen molar-refractivity contribution in [3.8, 4) is 11.5 Å². The van der Waals surface area contributed by atoms with E-state index in [4.69, 9.17) is 14.6 Å². The molecule has 0 amide bonds. The van der Waals surface area contributed by atoms with E-state index in [1.807, 2.05) is 0 Å². The van der Waals surface area contributed by atoms with Gasteiger partial charge in [-0.2, -0.15) is 0 Å². The van der Waals surface area contributed by atoms with Crippen molar-refractivity contribution in [1.82, 2.24) is 0 Å². The number of ether oxygens (including phenoxy) is 2. The van der Waals surface area contributed by atoms with Gasteiger partial charge in [-0.05, 0) is 35.9 Å². The molecule has 1 aromatic carbocycles. The Bertz CT molecular complexity index is 708. The molecule has 22 heavy (non-hydrogen) atoms. The molecule has 1 N–H and O–H groups in total. The summed E-state index contributed by atoms with van der Waals surface area (Å²) in [5.41, 5.74) is 0.750. The first-order valence-corrected chi connectivity index (χ1v) is 7.13. The van der Waals surface area contributed by atoms with Gasteiger partial charge in [-0.15, -0.1) is 11.3 Å². The number of rotatable bonds is 6. The minimum absolute atomic E-state index is 0.139. The molecule has 0 atom stereocenters. The first kappa shape index (κ1) is 15.8. The van der Waals surface area contributed by atoms with E-state index in [-0.39, 0.29) is 10.7 Å². The molecular weight excluding hydrogens is 304 g/mol. The van der Waals surface area contributed by atoms with Crippen molar-refractivity contribution < 1.29 is 24.2 Å². The summed E-state index contributed by atoms with van der Waals surface area (Å²) in [6, 6.07) is 8.19. The fraction of sp³-hybridized carbons (Fsp3) is 0.125. The Morgan fingerprint density at radius 1 is 1.05 bits per heavy atom. The van der Waals surface area contributed by atoms with Gasteiger partial charge >= 0.3 is 5.97 Å². The second kappa shape index (κ2) is 6.91. The summed E-state index contributed by atoms with van der Waals surface area (Å²) in [7, 11) is 3.10. The van der Waals surface area contributed by atoms with Crippen molar-refractivity contribution in [3.05, 3.63) is 51.7 Å². The quantitative estimate of drug-likeness (QED) is 0.653. The Morgan fingerprint density at radius 2 is 1.64 bits per heavy atom. The summed E-state index contributed by atoms with van der Waals surface area (Å²) in [6.07, 6.45) is 3.03. The summed E-state index contributed by atoms with van der Waals surface area (Å²) >= 11 is 0.950. The number of methoxy groups -OCH3 is 2. The molecule has 2 aromatic rings. The van der Waals surface area contributed by atoms with E-state index in [0.717, 1.165) is 16.9 Å². The van der Waals surface area contributed by atoms with Crippen molar-refractivity contribution in [2.45, 2.75) is 0 Å². The molecule has 0 bridgehead atoms. The molecule has 0 saturated carbocycles. The van der Waals surface area contributed by atoms with E-state index in [1.54, 1.807) is 38.5 Å². The smallest absolute Gasteiger partial charge is 0.345 e. The Hall–Kier alpha value is -2.60. The number of carboxylic acids is 1. The highest BCUT2D eigenvalue weighted by Gasteiger charge is 2.10. The van der Waals surface area contributed by atoms with Crippen LogP contribution in [0.3, 0.4) is 0 Å². The molecule has 6 heteroatoms. The van der Waals surface area contributed by atoms with Crippen LogP contribution in [0, 0.1) is 0 Å². The predicted octanol–water partition coefficient (Wildman–Crippen LogP) is 3.36. The van der Waals surface area contributed by atoms with Gasteiger partial charge in [0.2, 0.25) is 0 Å². The number of thiophene rings is 1. The van der Waals surface area contributed by atoms with Gasteiger partial charge in [0.05, 0.1) is 19.1 Å². The van der Waals surface area contributed by atoms with Gasteiger partial charge < -0.3 is 14.6 Å². The molecule has 2 rings (SSSR count). The molecule has 5 nitrogen and oxygen atoms in total. The first-order valence-electron chi connectivity index (χ1n) is 6.32. The molecule has 0 spiro atoms. The number of carbonyl (C=O) groups is 2. The van der Waals surface area contributed by atoms with Crippen molar-refractivity contribution in [2.75, 3.05) is 14.2 Å². The van der Waals surface area contributed by atoms with Crippen molar-refractivity contribution in [2.24, 2.45) is 0 Å². The first-order chi connectivity index (χ1) is 10.5. The normalized spacial score (nSPS) is 10.6. The SMILES string of the molecule is COc1cc(C=CC(=O)c2ccc(C(=O)O)s2)cc(OC)c1. The second-order valence-electron chi connectivity index (χ2n) is 4.31. The van der Waals surface area contributed by atoms with Gasteiger partial charge in [-0.1, -0.05) is 6.08 Å². The van der Waals surface area contributed by atoms with Crippen molar-refractivity contribution in [3.63, 3.8) is 0 Å². The highest BCUT2D eigenvalue weighted by molar-refractivity contribution is 7.16. The number of ketones is 1. The Balaban J connectivity index is 2.19. The molecule has 0 radical (unpaired) electrons. The standard InChI is InChI=1S/C16H14O5S/c1-20-11-7-10(8-12(9-11)21-2)3-4-13(17)14-5-6-15(22-14)16(18)19/h3-9H,1-2H3,(H,18,19). The molecule has 0 saturated heterocycles. The summed E-state index contributed by atoms with van der Waals surface area (Å²) in [5, 5.41) is 8.86. The van der Waals surface area contributed by atoms with E-state index in [2.05, 4.69) is 0 Å². The number of allylic oxidation sites excluding steroid dienone is 1. The fourth-order valence-electron chi connectivity index (χ4n) is 1.76. The minimum Gasteiger partial charge on any atom is -0.497 e. The zero-order valence-electron chi connectivity index (χ0n) is 12.0. The average molecular weight is 318 g/mol. The molecule has 0 aliphatic carbocycles. The van der Waals surface area contributed by atoms with E-state index in [0.29, 0.717) is 16.4 Å². The van der Waals surface area contributed by atoms with Gasteiger partial charge in [-0.3, -0.25) is 4.79 Å². The number of carbonyl (C=O) groups excluding carboxylic acids is 1. The van der Waals surface area contributed by atoms with Gasteiger partial charge in [0.25, 0.3) is 0 Å². The van der Waals surface area contributed by atoms with Gasteiger partial charge in [0.15, 0.2) is 5.78 Å². The van der Waals surface area contributed by atoms with Crippen LogP contribution in [0.25, 0.3) is 6.08 Å². The number of hydrogen-bond donors (Lipinski definition) is 1. The molecule has 0 aliphatic rings. The van der Waals surface area contributed by atoms with E-state index in [1.165, 1.54) is 18.2 Å². The molecule has 0 aliphatic heterocycles. The Morgan fingerprint density at radius 3 is 2.14 bits per heavy atom. The van der Waals surface area contributed by atoms with Crippen LogP contribution in [-0.2, 0) is 0 Å². The van der Waals surface area contributed by atoms with Crippen LogP contribution in [0.15, 0.2) is 36.4 Å². The zero-order chi connectivity index (χ0) is 16.1. The lowest BCUT2D eigenvalue weighted by atomic mass is 10.1. The maximum Gasteiger partial charge on any atom is 0.345 e. The third kappa shape index (κ3) is 3.73. The van der Waals surface area contributed by atoms with E-state index >= 15 is 0 Å². The Kier molecular flexibility index (Phi) is 4.95. The van der Waals surface area contributed by atoms with E-state index in [9.17, 15) is 9.59 Å². The van der Waals surface area contributed by atoms with Crippen LogP contribution in [0.2, 0.25) is 0 Å².